The van der Waals surface area contributed by atoms with Crippen LogP contribution in [0.2, 0.25) is 5.02 Å². The molecule has 1 fully saturated rings. The molecule has 8 nitrogen and oxygen atoms in total. The summed E-state index contributed by atoms with van der Waals surface area (Å²) in [6, 6.07) is 8.97. The molecule has 3 aromatic rings. The molecule has 0 bridgehead atoms. The number of hydrogen-bond donors (Lipinski definition) is 0. The van der Waals surface area contributed by atoms with Crippen LogP contribution in [0.15, 0.2) is 57.0 Å². The van der Waals surface area contributed by atoms with E-state index in [0.29, 0.717) is 5.75 Å². The second-order valence-electron chi connectivity index (χ2n) is 7.81. The zero-order chi connectivity index (χ0) is 27.1. The third kappa shape index (κ3) is 5.27. The molecule has 1 saturated heterocycles. The van der Waals surface area contributed by atoms with Gasteiger partial charge in [-0.2, -0.15) is 13.2 Å². The molecular formula is C23H17ClF4N4O4S. The first kappa shape index (κ1) is 26.5. The minimum atomic E-state index is -4.97. The van der Waals surface area contributed by atoms with Gasteiger partial charge in [0.25, 0.3) is 5.56 Å². The third-order valence-corrected chi connectivity index (χ3v) is 6.68. The van der Waals surface area contributed by atoms with Crippen molar-refractivity contribution in [2.24, 2.45) is 12.0 Å². The molecule has 194 valence electrons. The maximum Gasteiger partial charge on any atom is 0.431 e. The van der Waals surface area contributed by atoms with Gasteiger partial charge in [-0.25, -0.2) is 18.7 Å². The van der Waals surface area contributed by atoms with Crippen LogP contribution >= 0.6 is 23.4 Å². The SMILES string of the molecule is COc1cccc(CN2C(=O)CS/C2=N\c2cc(-n3c(=O)cc(C(F)(F)F)n(C)c3=O)c(F)cc2Cl)c1. The summed E-state index contributed by atoms with van der Waals surface area (Å²) >= 11 is 7.25. The van der Waals surface area contributed by atoms with Gasteiger partial charge in [0, 0.05) is 13.1 Å². The molecule has 1 aliphatic heterocycles. The lowest BCUT2D eigenvalue weighted by atomic mass is 10.2. The monoisotopic (exact) mass is 556 g/mol. The number of carbonyl (C=O) groups is 1. The van der Waals surface area contributed by atoms with Crippen LogP contribution in [-0.4, -0.2) is 38.0 Å². The second-order valence-corrected chi connectivity index (χ2v) is 9.16. The standard InChI is InChI=1S/C23H17ClF4N4O4S/c1-30-18(23(26,27)28)9-19(33)32(22(30)35)17-8-16(14(24)7-15(17)25)29-21-31(20(34)11-37-21)10-12-4-3-5-13(6-12)36-2/h3-9H,10-11H2,1-2H3/b29-21-. The average Bonchev–Trinajstić information content (AvgIpc) is 3.17. The summed E-state index contributed by atoms with van der Waals surface area (Å²) in [6.45, 7) is 0.145. The minimum absolute atomic E-state index is 0.0768. The molecule has 0 atom stereocenters. The number of alkyl halides is 3. The molecule has 0 radical (unpaired) electrons. The highest BCUT2D eigenvalue weighted by molar-refractivity contribution is 8.15. The molecule has 1 amide bonds. The lowest BCUT2D eigenvalue weighted by Gasteiger charge is -2.17. The lowest BCUT2D eigenvalue weighted by Crippen LogP contribution is -2.41. The predicted octanol–water partition coefficient (Wildman–Crippen LogP) is 4.12. The molecule has 0 spiro atoms. The van der Waals surface area contributed by atoms with E-state index in [0.717, 1.165) is 36.5 Å². The summed E-state index contributed by atoms with van der Waals surface area (Å²) in [5, 5.41) is 0.0201. The van der Waals surface area contributed by atoms with Gasteiger partial charge in [0.05, 0.1) is 35.8 Å². The van der Waals surface area contributed by atoms with Gasteiger partial charge < -0.3 is 4.74 Å². The van der Waals surface area contributed by atoms with Gasteiger partial charge in [0.1, 0.15) is 17.3 Å². The van der Waals surface area contributed by atoms with Crippen molar-refractivity contribution in [3.8, 4) is 11.4 Å². The number of amidine groups is 1. The summed E-state index contributed by atoms with van der Waals surface area (Å²) in [7, 11) is 2.32. The molecule has 14 heteroatoms. The highest BCUT2D eigenvalue weighted by atomic mass is 35.5. The first-order chi connectivity index (χ1) is 17.4. The normalized spacial score (nSPS) is 15.1. The Morgan fingerprint density at radius 1 is 1.14 bits per heavy atom. The van der Waals surface area contributed by atoms with Gasteiger partial charge in [-0.05, 0) is 29.8 Å². The first-order valence-corrected chi connectivity index (χ1v) is 11.8. The Morgan fingerprint density at radius 2 is 1.86 bits per heavy atom. The van der Waals surface area contributed by atoms with Crippen LogP contribution in [0.1, 0.15) is 11.3 Å². The molecule has 1 aliphatic rings. The van der Waals surface area contributed by atoms with Crippen LogP contribution in [0.25, 0.3) is 5.69 Å². The van der Waals surface area contributed by atoms with Crippen molar-refractivity contribution in [2.75, 3.05) is 12.9 Å². The summed E-state index contributed by atoms with van der Waals surface area (Å²) in [6.07, 6.45) is -4.97. The number of halogens is 5. The Labute approximate surface area is 215 Å². The van der Waals surface area contributed by atoms with Gasteiger partial charge in [-0.3, -0.25) is 19.1 Å². The Morgan fingerprint density at radius 3 is 2.54 bits per heavy atom. The number of thioether (sulfide) groups is 1. The molecule has 2 aromatic carbocycles. The summed E-state index contributed by atoms with van der Waals surface area (Å²) in [4.78, 5) is 43.3. The fraction of sp³-hybridized carbons (Fsp3) is 0.217. The first-order valence-electron chi connectivity index (χ1n) is 10.4. The maximum atomic E-state index is 14.8. The van der Waals surface area contributed by atoms with Crippen molar-refractivity contribution < 1.29 is 27.1 Å². The van der Waals surface area contributed by atoms with E-state index in [1.165, 1.54) is 12.0 Å². The van der Waals surface area contributed by atoms with Crippen LogP contribution in [0.3, 0.4) is 0 Å². The molecule has 1 aromatic heterocycles. The van der Waals surface area contributed by atoms with E-state index in [1.54, 1.807) is 24.3 Å². The number of hydrogen-bond acceptors (Lipinski definition) is 6. The van der Waals surface area contributed by atoms with Gasteiger partial charge in [0.2, 0.25) is 5.91 Å². The largest absolute Gasteiger partial charge is 0.497 e. The summed E-state index contributed by atoms with van der Waals surface area (Å²) in [5.74, 6) is -0.716. The number of aliphatic imine (C=N–C) groups is 1. The number of aromatic nitrogens is 2. The quantitative estimate of drug-likeness (QED) is 0.441. The van der Waals surface area contributed by atoms with E-state index in [2.05, 4.69) is 4.99 Å². The van der Waals surface area contributed by atoms with Crippen LogP contribution in [-0.2, 0) is 24.6 Å². The molecule has 0 saturated carbocycles. The van der Waals surface area contributed by atoms with Crippen molar-refractivity contribution in [2.45, 2.75) is 12.7 Å². The number of nitrogens with zero attached hydrogens (tertiary/aromatic N) is 4. The number of amides is 1. The number of methoxy groups -OCH3 is 1. The smallest absolute Gasteiger partial charge is 0.431 e. The average molecular weight is 557 g/mol. The molecule has 2 heterocycles. The van der Waals surface area contributed by atoms with E-state index in [4.69, 9.17) is 16.3 Å². The Balaban J connectivity index is 1.78. The van der Waals surface area contributed by atoms with Crippen LogP contribution in [0.5, 0.6) is 5.75 Å². The predicted molar refractivity (Wildman–Crippen MR) is 130 cm³/mol. The topological polar surface area (TPSA) is 85.9 Å². The zero-order valence-electron chi connectivity index (χ0n) is 19.2. The number of ether oxygens (including phenoxy) is 1. The Bertz CT molecular complexity index is 1550. The van der Waals surface area contributed by atoms with E-state index >= 15 is 0 Å². The van der Waals surface area contributed by atoms with Gasteiger partial charge >= 0.3 is 11.9 Å². The molecule has 0 unspecified atom stereocenters. The highest BCUT2D eigenvalue weighted by Gasteiger charge is 2.35. The van der Waals surface area contributed by atoms with E-state index in [1.807, 2.05) is 0 Å². The van der Waals surface area contributed by atoms with Crippen LogP contribution in [0.4, 0.5) is 23.2 Å². The zero-order valence-corrected chi connectivity index (χ0v) is 20.7. The van der Waals surface area contributed by atoms with Gasteiger partial charge in [-0.15, -0.1) is 0 Å². The van der Waals surface area contributed by atoms with E-state index in [-0.39, 0.29) is 49.3 Å². The lowest BCUT2D eigenvalue weighted by molar-refractivity contribution is -0.144. The van der Waals surface area contributed by atoms with Crippen LogP contribution < -0.4 is 16.0 Å². The van der Waals surface area contributed by atoms with Gasteiger partial charge in [-0.1, -0.05) is 35.5 Å². The Hall–Kier alpha value is -3.58. The second kappa shape index (κ2) is 10.1. The van der Waals surface area contributed by atoms with Crippen molar-refractivity contribution in [3.05, 3.63) is 85.4 Å². The highest BCUT2D eigenvalue weighted by Crippen LogP contribution is 2.33. The number of rotatable bonds is 5. The molecule has 0 N–H and O–H groups in total. The van der Waals surface area contributed by atoms with Crippen molar-refractivity contribution in [1.29, 1.82) is 0 Å². The molecular weight excluding hydrogens is 540 g/mol. The van der Waals surface area contributed by atoms with Crippen molar-refractivity contribution in [3.63, 3.8) is 0 Å². The fourth-order valence-electron chi connectivity index (χ4n) is 3.60. The third-order valence-electron chi connectivity index (χ3n) is 5.42. The van der Waals surface area contributed by atoms with Crippen LogP contribution in [0, 0.1) is 5.82 Å². The molecule has 0 aliphatic carbocycles. The number of carbonyl (C=O) groups excluding carboxylic acids is 1. The van der Waals surface area contributed by atoms with Gasteiger partial charge in [0.15, 0.2) is 5.17 Å². The molecule has 37 heavy (non-hydrogen) atoms. The maximum absolute atomic E-state index is 14.8. The Kier molecular flexibility index (Phi) is 7.20. The summed E-state index contributed by atoms with van der Waals surface area (Å²) in [5.41, 5.74) is -4.28. The molecule has 4 rings (SSSR count). The number of benzene rings is 2. The van der Waals surface area contributed by atoms with Crippen molar-refractivity contribution in [1.82, 2.24) is 14.0 Å². The van der Waals surface area contributed by atoms with Crippen molar-refractivity contribution >= 4 is 40.1 Å². The van der Waals surface area contributed by atoms with E-state index in [9.17, 15) is 31.9 Å². The minimum Gasteiger partial charge on any atom is -0.497 e. The fourth-order valence-corrected chi connectivity index (χ4v) is 4.68. The summed E-state index contributed by atoms with van der Waals surface area (Å²) < 4.78 is 60.0. The van der Waals surface area contributed by atoms with E-state index < -0.39 is 34.6 Å².